The number of carbonyl (C=O) groups is 1. The summed E-state index contributed by atoms with van der Waals surface area (Å²) in [5.41, 5.74) is 1.14. The van der Waals surface area contributed by atoms with E-state index in [0.29, 0.717) is 0 Å². The molecular weight excluding hydrogens is 278 g/mol. The fourth-order valence-electron chi connectivity index (χ4n) is 2.23. The Balaban J connectivity index is 1.59. The average molecular weight is 293 g/mol. The summed E-state index contributed by atoms with van der Waals surface area (Å²) in [5, 5.41) is 8.14. The van der Waals surface area contributed by atoms with Gasteiger partial charge >= 0.3 is 0 Å². The highest BCUT2D eigenvalue weighted by Crippen LogP contribution is 2.22. The van der Waals surface area contributed by atoms with Gasteiger partial charge in [0.05, 0.1) is 4.88 Å². The number of thiophene rings is 1. The number of aromatic nitrogens is 1. The number of carbonyl (C=O) groups excluding carboxylic acids is 1. The number of nitrogens with zero attached hydrogens (tertiary/aromatic N) is 2. The van der Waals surface area contributed by atoms with Crippen molar-refractivity contribution in [3.8, 4) is 0 Å². The molecule has 0 aliphatic carbocycles. The van der Waals surface area contributed by atoms with E-state index in [4.69, 9.17) is 0 Å². The lowest BCUT2D eigenvalue weighted by Crippen LogP contribution is -2.36. The summed E-state index contributed by atoms with van der Waals surface area (Å²) in [6, 6.07) is 2.16. The maximum atomic E-state index is 12.1. The molecule has 0 saturated carbocycles. The molecule has 1 N–H and O–H groups in total. The van der Waals surface area contributed by atoms with Crippen molar-refractivity contribution in [2.75, 3.05) is 18.0 Å². The first-order valence-corrected chi connectivity index (χ1v) is 7.99. The van der Waals surface area contributed by atoms with Crippen molar-refractivity contribution in [1.29, 1.82) is 0 Å². The lowest BCUT2D eigenvalue weighted by Gasteiger charge is -2.15. The molecule has 1 unspecified atom stereocenters. The quantitative estimate of drug-likeness (QED) is 0.946. The van der Waals surface area contributed by atoms with Crippen LogP contribution in [-0.4, -0.2) is 30.0 Å². The van der Waals surface area contributed by atoms with Crippen LogP contribution in [0.2, 0.25) is 0 Å². The number of hydrogen-bond acceptors (Lipinski definition) is 5. The standard InChI is InChI=1S/C13H15N3OS2/c1-9-6-11(19-8-9)12(17)15-10-2-4-16(7-10)13-14-3-5-18-13/h3,5-6,8,10H,2,4,7H2,1H3,(H,15,17). The van der Waals surface area contributed by atoms with Gasteiger partial charge in [-0.2, -0.15) is 0 Å². The fourth-order valence-corrected chi connectivity index (χ4v) is 3.71. The first-order chi connectivity index (χ1) is 9.22. The van der Waals surface area contributed by atoms with Gasteiger partial charge in [0.15, 0.2) is 5.13 Å². The van der Waals surface area contributed by atoms with E-state index in [2.05, 4.69) is 15.2 Å². The molecule has 1 amide bonds. The minimum absolute atomic E-state index is 0.0455. The fraction of sp³-hybridized carbons (Fsp3) is 0.385. The molecule has 6 heteroatoms. The molecule has 0 radical (unpaired) electrons. The third-order valence-corrected chi connectivity index (χ3v) is 5.05. The summed E-state index contributed by atoms with van der Waals surface area (Å²) < 4.78 is 0. The third kappa shape index (κ3) is 2.79. The molecule has 0 aromatic carbocycles. The predicted octanol–water partition coefficient (Wildman–Crippen LogP) is 2.52. The zero-order chi connectivity index (χ0) is 13.2. The summed E-state index contributed by atoms with van der Waals surface area (Å²) >= 11 is 3.15. The number of anilines is 1. The molecular formula is C13H15N3OS2. The van der Waals surface area contributed by atoms with Gasteiger partial charge in [-0.25, -0.2) is 4.98 Å². The Bertz CT molecular complexity index is 564. The number of amides is 1. The van der Waals surface area contributed by atoms with E-state index in [1.54, 1.807) is 11.3 Å². The highest BCUT2D eigenvalue weighted by molar-refractivity contribution is 7.13. The molecule has 19 heavy (non-hydrogen) atoms. The molecule has 2 aromatic rings. The van der Waals surface area contributed by atoms with E-state index in [9.17, 15) is 4.79 Å². The Hall–Kier alpha value is -1.40. The highest BCUT2D eigenvalue weighted by Gasteiger charge is 2.25. The summed E-state index contributed by atoms with van der Waals surface area (Å²) in [5.74, 6) is 0.0455. The predicted molar refractivity (Wildman–Crippen MR) is 79.3 cm³/mol. The molecule has 1 atom stereocenters. The Kier molecular flexibility index (Phi) is 3.52. The topological polar surface area (TPSA) is 45.2 Å². The molecule has 100 valence electrons. The van der Waals surface area contributed by atoms with Crippen molar-refractivity contribution in [3.05, 3.63) is 33.5 Å². The van der Waals surface area contributed by atoms with E-state index >= 15 is 0 Å². The molecule has 0 spiro atoms. The van der Waals surface area contributed by atoms with E-state index in [0.717, 1.165) is 35.1 Å². The minimum Gasteiger partial charge on any atom is -0.347 e. The Morgan fingerprint density at radius 2 is 2.42 bits per heavy atom. The Morgan fingerprint density at radius 3 is 3.11 bits per heavy atom. The van der Waals surface area contributed by atoms with Crippen LogP contribution >= 0.6 is 22.7 Å². The highest BCUT2D eigenvalue weighted by atomic mass is 32.1. The van der Waals surface area contributed by atoms with Crippen molar-refractivity contribution >= 4 is 33.7 Å². The van der Waals surface area contributed by atoms with Crippen LogP contribution in [0.5, 0.6) is 0 Å². The normalized spacial score (nSPS) is 18.8. The summed E-state index contributed by atoms with van der Waals surface area (Å²) in [6.07, 6.45) is 2.80. The lowest BCUT2D eigenvalue weighted by atomic mass is 10.2. The Morgan fingerprint density at radius 1 is 1.53 bits per heavy atom. The largest absolute Gasteiger partial charge is 0.347 e. The summed E-state index contributed by atoms with van der Waals surface area (Å²) in [6.45, 7) is 3.82. The van der Waals surface area contributed by atoms with Gasteiger partial charge in [-0.3, -0.25) is 4.79 Å². The molecule has 1 aliphatic heterocycles. The molecule has 0 bridgehead atoms. The van der Waals surface area contributed by atoms with Crippen molar-refractivity contribution in [3.63, 3.8) is 0 Å². The first-order valence-electron chi connectivity index (χ1n) is 6.23. The number of hydrogen-bond donors (Lipinski definition) is 1. The maximum Gasteiger partial charge on any atom is 0.261 e. The first kappa shape index (κ1) is 12.6. The van der Waals surface area contributed by atoms with Crippen LogP contribution < -0.4 is 10.2 Å². The van der Waals surface area contributed by atoms with Crippen LogP contribution in [0.3, 0.4) is 0 Å². The van der Waals surface area contributed by atoms with Crippen LogP contribution in [0.15, 0.2) is 23.0 Å². The SMILES string of the molecule is Cc1csc(C(=O)NC2CCN(c3nccs3)C2)c1. The number of aryl methyl sites for hydroxylation is 1. The second kappa shape index (κ2) is 5.30. The van der Waals surface area contributed by atoms with Crippen molar-refractivity contribution in [1.82, 2.24) is 10.3 Å². The molecule has 4 nitrogen and oxygen atoms in total. The maximum absolute atomic E-state index is 12.1. The Labute approximate surface area is 120 Å². The molecule has 3 heterocycles. The minimum atomic E-state index is 0.0455. The van der Waals surface area contributed by atoms with Gasteiger partial charge in [0.1, 0.15) is 0 Å². The van der Waals surface area contributed by atoms with Crippen LogP contribution in [0.1, 0.15) is 21.7 Å². The van der Waals surface area contributed by atoms with Gasteiger partial charge in [-0.15, -0.1) is 22.7 Å². The zero-order valence-corrected chi connectivity index (χ0v) is 12.3. The van der Waals surface area contributed by atoms with Crippen LogP contribution in [0, 0.1) is 6.92 Å². The van der Waals surface area contributed by atoms with Gasteiger partial charge in [0, 0.05) is 30.7 Å². The van der Waals surface area contributed by atoms with E-state index in [1.807, 2.05) is 29.9 Å². The van der Waals surface area contributed by atoms with Gasteiger partial charge in [0.25, 0.3) is 5.91 Å². The van der Waals surface area contributed by atoms with Crippen LogP contribution in [0.25, 0.3) is 0 Å². The molecule has 3 rings (SSSR count). The van der Waals surface area contributed by atoms with Gasteiger partial charge in [-0.05, 0) is 30.4 Å². The number of rotatable bonds is 3. The molecule has 1 fully saturated rings. The second-order valence-corrected chi connectivity index (χ2v) is 6.49. The molecule has 1 aliphatic rings. The van der Waals surface area contributed by atoms with Crippen molar-refractivity contribution in [2.45, 2.75) is 19.4 Å². The second-order valence-electron chi connectivity index (χ2n) is 4.71. The van der Waals surface area contributed by atoms with E-state index in [1.165, 1.54) is 11.3 Å². The van der Waals surface area contributed by atoms with Gasteiger partial charge in [-0.1, -0.05) is 0 Å². The smallest absolute Gasteiger partial charge is 0.261 e. The van der Waals surface area contributed by atoms with Crippen LogP contribution in [-0.2, 0) is 0 Å². The summed E-state index contributed by atoms with van der Waals surface area (Å²) in [4.78, 5) is 19.4. The van der Waals surface area contributed by atoms with Crippen molar-refractivity contribution < 1.29 is 4.79 Å². The van der Waals surface area contributed by atoms with Gasteiger partial charge < -0.3 is 10.2 Å². The van der Waals surface area contributed by atoms with E-state index in [-0.39, 0.29) is 11.9 Å². The third-order valence-electron chi connectivity index (χ3n) is 3.17. The van der Waals surface area contributed by atoms with E-state index < -0.39 is 0 Å². The molecule has 2 aromatic heterocycles. The zero-order valence-electron chi connectivity index (χ0n) is 10.6. The molecule has 1 saturated heterocycles. The number of nitrogens with one attached hydrogen (secondary N) is 1. The average Bonchev–Trinajstić information content (AvgIpc) is 3.07. The van der Waals surface area contributed by atoms with Gasteiger partial charge in [0.2, 0.25) is 0 Å². The lowest BCUT2D eigenvalue weighted by molar-refractivity contribution is 0.0944. The van der Waals surface area contributed by atoms with Crippen LogP contribution in [0.4, 0.5) is 5.13 Å². The summed E-state index contributed by atoms with van der Waals surface area (Å²) in [7, 11) is 0. The number of thiazole rings is 1. The van der Waals surface area contributed by atoms with Crippen molar-refractivity contribution in [2.24, 2.45) is 0 Å². The monoisotopic (exact) mass is 293 g/mol.